The third kappa shape index (κ3) is 4.25. The third-order valence-electron chi connectivity index (χ3n) is 6.09. The van der Waals surface area contributed by atoms with Gasteiger partial charge in [-0.15, -0.1) is 0 Å². The second-order valence-corrected chi connectivity index (χ2v) is 8.08. The van der Waals surface area contributed by atoms with Crippen LogP contribution in [0.5, 0.6) is 5.88 Å². The summed E-state index contributed by atoms with van der Waals surface area (Å²) in [7, 11) is 0. The number of nitrogens with zero attached hydrogens (tertiary/aromatic N) is 5. The number of hydrogen-bond donors (Lipinski definition) is 2. The Morgan fingerprint density at radius 3 is 2.42 bits per heavy atom. The number of piperazine rings is 1. The molecule has 2 aromatic heterocycles. The maximum Gasteiger partial charge on any atom is 0.270 e. The molecule has 1 saturated heterocycles. The van der Waals surface area contributed by atoms with Crippen LogP contribution in [-0.4, -0.2) is 57.1 Å². The Bertz CT molecular complexity index is 1310. The van der Waals surface area contributed by atoms with E-state index in [4.69, 9.17) is 0 Å². The largest absolute Gasteiger partial charge is 0.493 e. The van der Waals surface area contributed by atoms with Crippen molar-refractivity contribution >= 4 is 22.8 Å². The zero-order chi connectivity index (χ0) is 22.8. The van der Waals surface area contributed by atoms with E-state index in [0.717, 1.165) is 38.4 Å². The molecule has 0 bridgehead atoms. The topological polar surface area (TPSA) is 86.0 Å². The van der Waals surface area contributed by atoms with Gasteiger partial charge in [-0.25, -0.2) is 9.38 Å². The summed E-state index contributed by atoms with van der Waals surface area (Å²) in [6.07, 6.45) is 1.43. The Balaban J connectivity index is 1.36. The fourth-order valence-electron chi connectivity index (χ4n) is 4.18. The number of aromatic nitrogens is 3. The Kier molecular flexibility index (Phi) is 5.66. The summed E-state index contributed by atoms with van der Waals surface area (Å²) in [6.45, 7) is 7.53. The van der Waals surface area contributed by atoms with Crippen LogP contribution in [0.15, 0.2) is 71.8 Å². The standard InChI is InChI=1S/C25H26N6O2/c1-2-29-12-14-30(15-13-29)20-10-8-19(9-11-20)27-21-16-22-28-24(32)23(18-6-4-3-5-7-18)25(33)31(22)17-26-21/h3-11,16-17,27,32H,2,12-15H2,1H3. The van der Waals surface area contributed by atoms with Gasteiger partial charge in [0, 0.05) is 43.6 Å². The first-order valence-electron chi connectivity index (χ1n) is 11.1. The smallest absolute Gasteiger partial charge is 0.270 e. The Morgan fingerprint density at radius 2 is 1.73 bits per heavy atom. The fourth-order valence-corrected chi connectivity index (χ4v) is 4.18. The average molecular weight is 443 g/mol. The summed E-state index contributed by atoms with van der Waals surface area (Å²) in [4.78, 5) is 26.4. The molecule has 3 heterocycles. The van der Waals surface area contributed by atoms with Crippen molar-refractivity contribution in [3.05, 3.63) is 77.3 Å². The summed E-state index contributed by atoms with van der Waals surface area (Å²) in [5, 5.41) is 13.7. The number of rotatable bonds is 5. The molecule has 4 aromatic rings. The van der Waals surface area contributed by atoms with Crippen molar-refractivity contribution in [3.8, 4) is 17.0 Å². The molecule has 0 amide bonds. The molecule has 2 aromatic carbocycles. The number of hydrogen-bond acceptors (Lipinski definition) is 7. The fraction of sp³-hybridized carbons (Fsp3) is 0.240. The van der Waals surface area contributed by atoms with Gasteiger partial charge in [0.05, 0.1) is 0 Å². The van der Waals surface area contributed by atoms with Crippen molar-refractivity contribution in [1.29, 1.82) is 0 Å². The molecular formula is C25H26N6O2. The second-order valence-electron chi connectivity index (χ2n) is 8.08. The number of nitrogens with one attached hydrogen (secondary N) is 1. The zero-order valence-corrected chi connectivity index (χ0v) is 18.5. The molecule has 1 aliphatic heterocycles. The third-order valence-corrected chi connectivity index (χ3v) is 6.09. The maximum atomic E-state index is 12.9. The van der Waals surface area contributed by atoms with Crippen molar-refractivity contribution < 1.29 is 5.11 Å². The van der Waals surface area contributed by atoms with Crippen LogP contribution < -0.4 is 15.8 Å². The summed E-state index contributed by atoms with van der Waals surface area (Å²) in [6, 6.07) is 18.9. The van der Waals surface area contributed by atoms with Crippen molar-refractivity contribution in [2.45, 2.75) is 6.92 Å². The molecule has 0 aliphatic carbocycles. The van der Waals surface area contributed by atoms with Crippen LogP contribution in [0, 0.1) is 0 Å². The van der Waals surface area contributed by atoms with Gasteiger partial charge in [-0.1, -0.05) is 37.3 Å². The first kappa shape index (κ1) is 21.0. The highest BCUT2D eigenvalue weighted by Crippen LogP contribution is 2.25. The molecule has 0 radical (unpaired) electrons. The zero-order valence-electron chi connectivity index (χ0n) is 18.5. The van der Waals surface area contributed by atoms with Crippen LogP contribution in [0.4, 0.5) is 17.2 Å². The lowest BCUT2D eigenvalue weighted by Crippen LogP contribution is -2.46. The highest BCUT2D eigenvalue weighted by Gasteiger charge is 2.16. The van der Waals surface area contributed by atoms with Gasteiger partial charge in [0.1, 0.15) is 23.4 Å². The van der Waals surface area contributed by atoms with E-state index in [0.29, 0.717) is 17.0 Å². The van der Waals surface area contributed by atoms with Gasteiger partial charge in [0.25, 0.3) is 5.56 Å². The van der Waals surface area contributed by atoms with Crippen molar-refractivity contribution in [3.63, 3.8) is 0 Å². The summed E-state index contributed by atoms with van der Waals surface area (Å²) >= 11 is 0. The van der Waals surface area contributed by atoms with Gasteiger partial charge in [0.15, 0.2) is 0 Å². The quantitative estimate of drug-likeness (QED) is 0.490. The minimum absolute atomic E-state index is 0.158. The molecule has 168 valence electrons. The normalized spacial score (nSPS) is 14.5. The molecule has 5 rings (SSSR count). The van der Waals surface area contributed by atoms with Crippen LogP contribution in [0.25, 0.3) is 16.8 Å². The molecule has 1 fully saturated rings. The second kappa shape index (κ2) is 8.91. The highest BCUT2D eigenvalue weighted by molar-refractivity contribution is 5.70. The lowest BCUT2D eigenvalue weighted by molar-refractivity contribution is 0.271. The van der Waals surface area contributed by atoms with E-state index < -0.39 is 0 Å². The summed E-state index contributed by atoms with van der Waals surface area (Å²) in [5.74, 6) is 0.244. The number of likely N-dealkylation sites (N-methyl/N-ethyl adjacent to an activating group) is 1. The van der Waals surface area contributed by atoms with E-state index in [2.05, 4.69) is 44.1 Å². The lowest BCUT2D eigenvalue weighted by atomic mass is 10.1. The van der Waals surface area contributed by atoms with E-state index in [1.807, 2.05) is 30.3 Å². The van der Waals surface area contributed by atoms with Crippen LogP contribution >= 0.6 is 0 Å². The number of anilines is 3. The van der Waals surface area contributed by atoms with E-state index >= 15 is 0 Å². The van der Waals surface area contributed by atoms with Gasteiger partial charge < -0.3 is 20.2 Å². The monoisotopic (exact) mass is 442 g/mol. The number of benzene rings is 2. The molecule has 0 atom stereocenters. The Morgan fingerprint density at radius 1 is 1.00 bits per heavy atom. The number of aromatic hydroxyl groups is 1. The van der Waals surface area contributed by atoms with E-state index in [1.165, 1.54) is 16.4 Å². The van der Waals surface area contributed by atoms with Crippen molar-refractivity contribution in [2.24, 2.45) is 0 Å². The maximum absolute atomic E-state index is 12.9. The van der Waals surface area contributed by atoms with Gasteiger partial charge in [-0.3, -0.25) is 4.79 Å². The highest BCUT2D eigenvalue weighted by atomic mass is 16.3. The molecular weight excluding hydrogens is 416 g/mol. The van der Waals surface area contributed by atoms with Gasteiger partial charge in [-0.05, 0) is 36.4 Å². The van der Waals surface area contributed by atoms with Crippen LogP contribution in [-0.2, 0) is 0 Å². The predicted molar refractivity (Wildman–Crippen MR) is 130 cm³/mol. The first-order valence-corrected chi connectivity index (χ1v) is 11.1. The lowest BCUT2D eigenvalue weighted by Gasteiger charge is -2.35. The summed E-state index contributed by atoms with van der Waals surface area (Å²) in [5.41, 5.74) is 2.81. The Labute approximate surface area is 191 Å². The molecule has 0 unspecified atom stereocenters. The van der Waals surface area contributed by atoms with E-state index in [-0.39, 0.29) is 17.0 Å². The van der Waals surface area contributed by atoms with Gasteiger partial charge in [-0.2, -0.15) is 4.98 Å². The minimum atomic E-state index is -0.365. The number of fused-ring (bicyclic) bond motifs is 1. The predicted octanol–water partition coefficient (Wildman–Crippen LogP) is 3.35. The molecule has 8 heteroatoms. The molecule has 1 aliphatic rings. The van der Waals surface area contributed by atoms with Crippen LogP contribution in [0.2, 0.25) is 0 Å². The molecule has 2 N–H and O–H groups in total. The molecule has 8 nitrogen and oxygen atoms in total. The van der Waals surface area contributed by atoms with Crippen LogP contribution in [0.3, 0.4) is 0 Å². The Hall–Kier alpha value is -3.91. The summed E-state index contributed by atoms with van der Waals surface area (Å²) < 4.78 is 1.34. The first-order chi connectivity index (χ1) is 16.1. The SMILES string of the molecule is CCN1CCN(c2ccc(Nc3cc4nc(O)c(-c5ccccc5)c(=O)n4cn3)cc2)CC1. The van der Waals surface area contributed by atoms with Crippen molar-refractivity contribution in [1.82, 2.24) is 19.3 Å². The average Bonchev–Trinajstić information content (AvgIpc) is 2.85. The van der Waals surface area contributed by atoms with E-state index in [9.17, 15) is 9.90 Å². The van der Waals surface area contributed by atoms with Gasteiger partial charge >= 0.3 is 0 Å². The molecule has 33 heavy (non-hydrogen) atoms. The van der Waals surface area contributed by atoms with Crippen LogP contribution in [0.1, 0.15) is 6.92 Å². The van der Waals surface area contributed by atoms with E-state index in [1.54, 1.807) is 18.2 Å². The van der Waals surface area contributed by atoms with Gasteiger partial charge in [0.2, 0.25) is 5.88 Å². The van der Waals surface area contributed by atoms with Crippen molar-refractivity contribution in [2.75, 3.05) is 42.9 Å². The minimum Gasteiger partial charge on any atom is -0.493 e. The molecule has 0 saturated carbocycles. The molecule has 0 spiro atoms.